The van der Waals surface area contributed by atoms with Gasteiger partial charge in [0.2, 0.25) is 5.28 Å². The van der Waals surface area contributed by atoms with E-state index in [0.29, 0.717) is 6.42 Å². The lowest BCUT2D eigenvalue weighted by Gasteiger charge is -2.06. The van der Waals surface area contributed by atoms with E-state index in [-0.39, 0.29) is 11.5 Å². The fraction of sp³-hybridized carbons (Fsp3) is 0.833. The molecule has 0 aromatic carbocycles. The van der Waals surface area contributed by atoms with Gasteiger partial charge in [0, 0.05) is 6.42 Å². The molecule has 0 radical (unpaired) electrons. The first kappa shape index (κ1) is 10.7. The number of hydrogen-bond acceptors (Lipinski definition) is 4. The standard InChI is InChI=1S/C6H13N3O3/c1-3-5(6(7)10)9(11)8-12-4-2/h5H,3-4H2,1-2H3,(H2,7,10)/b9-8-. The van der Waals surface area contributed by atoms with Crippen molar-refractivity contribution in [1.29, 1.82) is 0 Å². The third kappa shape index (κ3) is 3.18. The van der Waals surface area contributed by atoms with Crippen molar-refractivity contribution < 1.29 is 14.5 Å². The molecule has 12 heavy (non-hydrogen) atoms. The maximum absolute atomic E-state index is 10.9. The number of carbonyl (C=O) groups excluding carboxylic acids is 1. The molecule has 0 saturated heterocycles. The van der Waals surface area contributed by atoms with Crippen LogP contribution in [0.1, 0.15) is 20.3 Å². The van der Waals surface area contributed by atoms with Crippen molar-refractivity contribution in [3.8, 4) is 0 Å². The summed E-state index contributed by atoms with van der Waals surface area (Å²) in [5, 5.41) is 14.0. The number of nitrogens with zero attached hydrogens (tertiary/aromatic N) is 2. The van der Waals surface area contributed by atoms with Crippen LogP contribution in [0.15, 0.2) is 5.28 Å². The van der Waals surface area contributed by atoms with Crippen LogP contribution in [0.2, 0.25) is 0 Å². The second kappa shape index (κ2) is 5.34. The molecule has 0 heterocycles. The fourth-order valence-corrected chi connectivity index (χ4v) is 0.638. The first-order valence-electron chi connectivity index (χ1n) is 3.72. The quantitative estimate of drug-likeness (QED) is 0.366. The Kier molecular flexibility index (Phi) is 4.75. The molecule has 1 unspecified atom stereocenters. The molecule has 1 atom stereocenters. The zero-order valence-corrected chi connectivity index (χ0v) is 7.19. The maximum Gasteiger partial charge on any atom is 0.290 e. The van der Waals surface area contributed by atoms with E-state index in [9.17, 15) is 10.0 Å². The summed E-state index contributed by atoms with van der Waals surface area (Å²) in [6.45, 7) is 3.64. The van der Waals surface area contributed by atoms with Crippen molar-refractivity contribution in [2.24, 2.45) is 11.0 Å². The minimum Gasteiger partial charge on any atom is -0.597 e. The molecule has 0 aromatic rings. The van der Waals surface area contributed by atoms with Gasteiger partial charge in [0.05, 0.1) is 0 Å². The maximum atomic E-state index is 10.9. The van der Waals surface area contributed by atoms with Crippen molar-refractivity contribution in [2.75, 3.05) is 6.61 Å². The summed E-state index contributed by atoms with van der Waals surface area (Å²) < 4.78 is 0. The molecule has 0 saturated carbocycles. The molecule has 0 bridgehead atoms. The third-order valence-electron chi connectivity index (χ3n) is 1.25. The summed E-state index contributed by atoms with van der Waals surface area (Å²) >= 11 is 0. The number of hydrogen-bond donors (Lipinski definition) is 1. The van der Waals surface area contributed by atoms with E-state index in [4.69, 9.17) is 5.73 Å². The number of hydroxylamine groups is 1. The predicted molar refractivity (Wildman–Crippen MR) is 41.0 cm³/mol. The molecule has 0 spiro atoms. The normalized spacial score (nSPS) is 14.0. The number of carbonyl (C=O) groups is 1. The minimum absolute atomic E-state index is 0.186. The average Bonchev–Trinajstić information content (AvgIpc) is 2.01. The lowest BCUT2D eigenvalue weighted by molar-refractivity contribution is -0.581. The van der Waals surface area contributed by atoms with Crippen molar-refractivity contribution in [3.63, 3.8) is 0 Å². The molecule has 0 aromatic heterocycles. The van der Waals surface area contributed by atoms with E-state index < -0.39 is 11.9 Å². The largest absolute Gasteiger partial charge is 0.597 e. The summed E-state index contributed by atoms with van der Waals surface area (Å²) in [6, 6.07) is -0.934. The molecular formula is C6H13N3O3. The van der Waals surface area contributed by atoms with E-state index in [1.165, 1.54) is 0 Å². The monoisotopic (exact) mass is 175 g/mol. The van der Waals surface area contributed by atoms with Gasteiger partial charge in [-0.1, -0.05) is 6.92 Å². The second-order valence-corrected chi connectivity index (χ2v) is 2.13. The van der Waals surface area contributed by atoms with E-state index >= 15 is 0 Å². The van der Waals surface area contributed by atoms with Gasteiger partial charge in [0.15, 0.2) is 0 Å². The molecule has 0 rings (SSSR count). The Bertz CT molecular complexity index is 181. The van der Waals surface area contributed by atoms with Crippen LogP contribution in [0.5, 0.6) is 0 Å². The third-order valence-corrected chi connectivity index (χ3v) is 1.25. The van der Waals surface area contributed by atoms with Crippen LogP contribution in [0.25, 0.3) is 0 Å². The Morgan fingerprint density at radius 2 is 2.33 bits per heavy atom. The number of amides is 1. The predicted octanol–water partition coefficient (Wildman–Crippen LogP) is 0.164. The summed E-state index contributed by atoms with van der Waals surface area (Å²) in [5.41, 5.74) is 4.92. The Morgan fingerprint density at radius 1 is 1.75 bits per heavy atom. The topological polar surface area (TPSA) is 90.8 Å². The second-order valence-electron chi connectivity index (χ2n) is 2.13. The molecule has 6 heteroatoms. The minimum atomic E-state index is -0.934. The Hall–Kier alpha value is -1.33. The zero-order valence-electron chi connectivity index (χ0n) is 7.19. The Balaban J connectivity index is 4.20. The van der Waals surface area contributed by atoms with E-state index in [2.05, 4.69) is 10.1 Å². The highest BCUT2D eigenvalue weighted by molar-refractivity contribution is 5.78. The lowest BCUT2D eigenvalue weighted by Crippen LogP contribution is -2.35. The van der Waals surface area contributed by atoms with Crippen LogP contribution >= 0.6 is 0 Å². The van der Waals surface area contributed by atoms with E-state index in [1.54, 1.807) is 13.8 Å². The molecule has 0 fully saturated rings. The smallest absolute Gasteiger partial charge is 0.290 e. The van der Waals surface area contributed by atoms with Crippen LogP contribution in [0.3, 0.4) is 0 Å². The summed E-state index contributed by atoms with van der Waals surface area (Å²) in [7, 11) is 0. The van der Waals surface area contributed by atoms with E-state index in [1.807, 2.05) is 0 Å². The molecule has 6 nitrogen and oxygen atoms in total. The molecule has 70 valence electrons. The van der Waals surface area contributed by atoms with Gasteiger partial charge < -0.3 is 15.8 Å². The number of primary amides is 1. The van der Waals surface area contributed by atoms with Crippen molar-refractivity contribution in [1.82, 2.24) is 0 Å². The van der Waals surface area contributed by atoms with Gasteiger partial charge in [-0.05, 0) is 11.8 Å². The highest BCUT2D eigenvalue weighted by Crippen LogP contribution is 1.96. The van der Waals surface area contributed by atoms with Gasteiger partial charge in [0.25, 0.3) is 11.9 Å². The van der Waals surface area contributed by atoms with Gasteiger partial charge in [0.1, 0.15) is 6.61 Å². The highest BCUT2D eigenvalue weighted by Gasteiger charge is 2.22. The molecule has 1 amide bonds. The number of rotatable bonds is 5. The van der Waals surface area contributed by atoms with Crippen molar-refractivity contribution in [2.45, 2.75) is 26.3 Å². The molecule has 0 aliphatic heterocycles. The summed E-state index contributed by atoms with van der Waals surface area (Å²) in [5.74, 6) is -0.698. The van der Waals surface area contributed by atoms with Gasteiger partial charge >= 0.3 is 0 Å². The van der Waals surface area contributed by atoms with Crippen LogP contribution in [0.4, 0.5) is 0 Å². The van der Waals surface area contributed by atoms with Gasteiger partial charge in [-0.3, -0.25) is 4.79 Å². The zero-order chi connectivity index (χ0) is 9.56. The molecular weight excluding hydrogens is 162 g/mol. The summed E-state index contributed by atoms with van der Waals surface area (Å²) in [4.78, 5) is 15.2. The van der Waals surface area contributed by atoms with Gasteiger partial charge in [-0.25, -0.2) is 0 Å². The SMILES string of the molecule is CCO/N=[N+](\[O-])C(CC)C(N)=O. The first-order chi connectivity index (χ1) is 5.63. The fourth-order valence-electron chi connectivity index (χ4n) is 0.638. The number of nitrogens with two attached hydrogens (primary N) is 1. The molecule has 0 aliphatic carbocycles. The highest BCUT2D eigenvalue weighted by atomic mass is 16.7. The van der Waals surface area contributed by atoms with Crippen LogP contribution in [-0.4, -0.2) is 23.4 Å². The Labute approximate surface area is 70.5 Å². The van der Waals surface area contributed by atoms with Crippen molar-refractivity contribution >= 4 is 5.91 Å². The summed E-state index contributed by atoms with van der Waals surface area (Å²) in [6.07, 6.45) is 0.315. The van der Waals surface area contributed by atoms with Gasteiger partial charge in [-0.15, -0.1) is 0 Å². The average molecular weight is 175 g/mol. The lowest BCUT2D eigenvalue weighted by atomic mass is 10.2. The van der Waals surface area contributed by atoms with Crippen LogP contribution < -0.4 is 5.73 Å². The van der Waals surface area contributed by atoms with E-state index in [0.717, 1.165) is 0 Å². The van der Waals surface area contributed by atoms with Crippen molar-refractivity contribution in [3.05, 3.63) is 5.21 Å². The van der Waals surface area contributed by atoms with Crippen LogP contribution in [0, 0.1) is 5.21 Å². The molecule has 2 N–H and O–H groups in total. The van der Waals surface area contributed by atoms with Gasteiger partial charge in [-0.2, -0.15) is 0 Å². The van der Waals surface area contributed by atoms with Crippen LogP contribution in [-0.2, 0) is 9.63 Å². The first-order valence-corrected chi connectivity index (χ1v) is 3.72. The Morgan fingerprint density at radius 3 is 2.67 bits per heavy atom. The molecule has 0 aliphatic rings.